The van der Waals surface area contributed by atoms with Crippen LogP contribution in [-0.2, 0) is 34.5 Å². The molecule has 0 atom stereocenters. The van der Waals surface area contributed by atoms with Gasteiger partial charge in [-0.05, 0) is 95.9 Å². The number of nitriles is 4. The summed E-state index contributed by atoms with van der Waals surface area (Å²) in [6.07, 6.45) is 24.3. The predicted molar refractivity (Wildman–Crippen MR) is 604 cm³/mol. The minimum absolute atomic E-state index is 0.560. The van der Waals surface area contributed by atoms with Gasteiger partial charge in [0.2, 0.25) is 0 Å². The average molecular weight is 2240 g/mol. The molecule has 12 rings (SSSR count). The van der Waals surface area contributed by atoms with Crippen molar-refractivity contribution in [2.45, 2.75) is 60.2 Å². The van der Waals surface area contributed by atoms with Gasteiger partial charge in [-0.3, -0.25) is 0 Å². The summed E-state index contributed by atoms with van der Waals surface area (Å²) in [6.45, 7) is 0. The number of nitrogens with zero attached hydrogens (tertiary/aromatic N) is 4. The summed E-state index contributed by atoms with van der Waals surface area (Å²) < 4.78 is 41.2. The molecule has 0 radical (unpaired) electrons. The van der Waals surface area contributed by atoms with Crippen molar-refractivity contribution in [2.24, 2.45) is 0 Å². The van der Waals surface area contributed by atoms with Gasteiger partial charge >= 0.3 is 0 Å². The number of rotatable bonds is 40. The Bertz CT molecular complexity index is 4200. The van der Waals surface area contributed by atoms with Gasteiger partial charge in [0.25, 0.3) is 0 Å². The van der Waals surface area contributed by atoms with Crippen LogP contribution in [0.3, 0.4) is 0 Å². The molecule has 0 amide bonds. The Balaban J connectivity index is 0.737. The second-order valence-corrected chi connectivity index (χ2v) is 68.4. The first-order chi connectivity index (χ1) is 55.7. The Morgan fingerprint density at radius 1 is 0.184 bits per heavy atom. The van der Waals surface area contributed by atoms with E-state index in [4.69, 9.17) is 0 Å². The van der Waals surface area contributed by atoms with E-state index in [-0.39, 0.29) is 0 Å². The molecule has 10 aliphatic heterocycles. The van der Waals surface area contributed by atoms with Gasteiger partial charge in [0.15, 0.2) is 0 Å². The van der Waals surface area contributed by atoms with Gasteiger partial charge in [0, 0.05) is 83.2 Å². The monoisotopic (exact) mass is 2240 g/mol. The molecule has 2 aromatic rings. The minimum atomic E-state index is 0.560. The third-order valence-electron chi connectivity index (χ3n) is 14.3. The van der Waals surface area contributed by atoms with Crippen molar-refractivity contribution in [1.82, 2.24) is 0 Å². The van der Waals surface area contributed by atoms with Crippen molar-refractivity contribution in [3.05, 3.63) is 197 Å². The van der Waals surface area contributed by atoms with Gasteiger partial charge in [-0.2, -0.15) is 21.0 Å². The lowest BCUT2D eigenvalue weighted by Crippen LogP contribution is -1.92. The molecular weight excluding hydrogens is 2180 g/mol. The number of hydrogen-bond donors (Lipinski definition) is 0. The highest BCUT2D eigenvalue weighted by Gasteiger charge is 2.37. The quantitative estimate of drug-likeness (QED) is 0.0592. The zero-order valence-corrected chi connectivity index (χ0v) is 94.1. The fourth-order valence-corrected chi connectivity index (χ4v) is 64.5. The molecule has 0 N–H and O–H groups in total. The van der Waals surface area contributed by atoms with Crippen LogP contribution in [0.2, 0.25) is 0 Å². The molecule has 0 unspecified atom stereocenters. The Kier molecular flexibility index (Phi) is 46.0. The summed E-state index contributed by atoms with van der Waals surface area (Å²) in [5.74, 6) is 8.66. The third-order valence-corrected chi connectivity index (χ3v) is 71.1. The Hall–Kier alpha value is 6.50. The lowest BCUT2D eigenvalue weighted by atomic mass is 10.1. The molecule has 604 valence electrons. The molecule has 0 saturated heterocycles. The first kappa shape index (κ1) is 99.5. The summed E-state index contributed by atoms with van der Waals surface area (Å²) in [5.41, 5.74) is 8.22. The topological polar surface area (TPSA) is 95.2 Å². The molecular formula is C70H64N4S40. The van der Waals surface area contributed by atoms with Crippen LogP contribution in [0.15, 0.2) is 164 Å². The molecule has 10 heterocycles. The van der Waals surface area contributed by atoms with E-state index in [1.165, 1.54) is 160 Å². The fourth-order valence-electron chi connectivity index (χ4n) is 9.52. The van der Waals surface area contributed by atoms with E-state index in [1.54, 1.807) is 0 Å². The molecule has 0 bridgehead atoms. The molecule has 4 nitrogen and oxygen atoms in total. The lowest BCUT2D eigenvalue weighted by molar-refractivity contribution is 1.24. The maximum atomic E-state index is 9.29. The second kappa shape index (κ2) is 52.7. The highest BCUT2D eigenvalue weighted by Crippen LogP contribution is 2.72. The van der Waals surface area contributed by atoms with Crippen LogP contribution in [0.5, 0.6) is 0 Å². The molecule has 114 heavy (non-hydrogen) atoms. The summed E-state index contributed by atoms with van der Waals surface area (Å²) in [4.78, 5) is 0. The van der Waals surface area contributed by atoms with Crippen molar-refractivity contribution in [1.29, 1.82) is 21.0 Å². The summed E-state index contributed by atoms with van der Waals surface area (Å²) in [6, 6.07) is 24.3. The Morgan fingerprint density at radius 3 is 0.412 bits per heavy atom. The highest BCUT2D eigenvalue weighted by molar-refractivity contribution is 8.50. The van der Waals surface area contributed by atoms with Crippen LogP contribution in [0.1, 0.15) is 59.1 Å². The zero-order valence-electron chi connectivity index (χ0n) is 61.5. The van der Waals surface area contributed by atoms with E-state index in [0.29, 0.717) is 25.7 Å². The van der Waals surface area contributed by atoms with Crippen molar-refractivity contribution < 1.29 is 0 Å². The molecule has 2 aromatic carbocycles. The molecule has 0 spiro atoms. The maximum Gasteiger partial charge on any atom is 0.0717 e. The average Bonchev–Trinajstić information content (AvgIpc) is 1.69. The van der Waals surface area contributed by atoms with Gasteiger partial charge in [0.05, 0.1) is 151 Å². The summed E-state index contributed by atoms with van der Waals surface area (Å²) >= 11 is 76.5. The van der Waals surface area contributed by atoms with Crippen LogP contribution in [0.4, 0.5) is 0 Å². The first-order valence-electron chi connectivity index (χ1n) is 32.9. The smallest absolute Gasteiger partial charge is 0.0717 e. The standard InChI is InChI=1S/C70H64N4S40/c1-75-41-51(85-19-11-15-71)105-61(95-41)65-99-45(79-5)55(109-65)89-29-35-23-36(30-90-56-46(80-6)100-66(110-56)62-96-42(76-2)52(106-62)86-20-12-16-72)26-39(25-35)33-93-59-49(83-9)103-69(113-59)70-104-50(84-10)60(114-70)94-34-40-27-37(31-91-57-47(81-7)101-67(111-57)63-97-43(77-3)53(107-63)87-21-13-17-73)24-38(28-40)32-92-58-48(82-8)102-68(112-58)64-98-44(78-4)54(108-64)88-22-14-18-74/h23-28H,11-14,19-22,29-34H2,1-10H3/b65-61-,66-62-,67-63-,68-64-,70-69+. The van der Waals surface area contributed by atoms with Gasteiger partial charge < -0.3 is 0 Å². The minimum Gasteiger partial charge on any atom is -0.198 e. The van der Waals surface area contributed by atoms with Crippen LogP contribution in [-0.4, -0.2) is 85.6 Å². The normalized spacial score (nSPS) is 22.2. The molecule has 0 aliphatic carbocycles. The van der Waals surface area contributed by atoms with Crippen molar-refractivity contribution >= 4 is 470 Å². The van der Waals surface area contributed by atoms with Crippen LogP contribution in [0.25, 0.3) is 0 Å². The first-order valence-corrected chi connectivity index (χ1v) is 71.3. The van der Waals surface area contributed by atoms with E-state index in [9.17, 15) is 21.0 Å². The molecule has 0 fully saturated rings. The SMILES string of the molecule is CSC1=C(SCCC#N)S/C(=C2/SC(SC)=C(SCc3cc(CSC4=C(SC)S/C(=C5\SC(SC)=C(SCCC#N)S5)S4)cc(CSC4=C(SC)S/C(=C5/SC(SC)=C(SCc6cc(CSC7=C(SC)S/C(=C8\SC(SC)=C(SCCC#N)S8)S7)cc(CSC7=C(SC)S/C(=C8\SC(SC)=C(SCCC#N)S8)S7)c6)S5)S4)c3)S2)S1. The second-order valence-electron chi connectivity index (χ2n) is 21.8. The van der Waals surface area contributed by atoms with E-state index in [0.717, 1.165) is 57.5 Å². The van der Waals surface area contributed by atoms with Crippen LogP contribution < -0.4 is 0 Å². The molecule has 0 aromatic heterocycles. The Labute approximate surface area is 844 Å². The van der Waals surface area contributed by atoms with Crippen molar-refractivity contribution in [3.63, 3.8) is 0 Å². The van der Waals surface area contributed by atoms with Gasteiger partial charge in [0.1, 0.15) is 0 Å². The predicted octanol–water partition coefficient (Wildman–Crippen LogP) is 37.7. The van der Waals surface area contributed by atoms with E-state index < -0.39 is 0 Å². The third kappa shape index (κ3) is 28.3. The van der Waals surface area contributed by atoms with Crippen LogP contribution >= 0.6 is 470 Å². The van der Waals surface area contributed by atoms with Gasteiger partial charge in [-0.1, -0.05) is 272 Å². The molecule has 0 saturated carbocycles. The molecule has 44 heteroatoms. The lowest BCUT2D eigenvalue weighted by Gasteiger charge is -2.12. The largest absolute Gasteiger partial charge is 0.198 e. The van der Waals surface area contributed by atoms with Gasteiger partial charge in [-0.15, -0.1) is 235 Å². The summed E-state index contributed by atoms with van der Waals surface area (Å²) in [5, 5.41) is 37.2. The van der Waals surface area contributed by atoms with Gasteiger partial charge in [-0.25, -0.2) is 0 Å². The zero-order chi connectivity index (χ0) is 80.0. The van der Waals surface area contributed by atoms with E-state index in [2.05, 4.69) is 123 Å². The number of thioether (sulfide) groups is 40. The van der Waals surface area contributed by atoms with Crippen molar-refractivity contribution in [3.8, 4) is 24.3 Å². The van der Waals surface area contributed by atoms with E-state index in [1.807, 2.05) is 470 Å². The Morgan fingerprint density at radius 2 is 0.298 bits per heavy atom. The number of benzene rings is 2. The van der Waals surface area contributed by atoms with Crippen LogP contribution in [0, 0.1) is 45.3 Å². The van der Waals surface area contributed by atoms with E-state index >= 15 is 0 Å². The fraction of sp³-hybridized carbons (Fsp3) is 0.343. The maximum absolute atomic E-state index is 9.29. The highest BCUT2D eigenvalue weighted by atomic mass is 32.3. The molecule has 10 aliphatic rings. The summed E-state index contributed by atoms with van der Waals surface area (Å²) in [7, 11) is 0. The number of hydrogen-bond acceptors (Lipinski definition) is 44. The van der Waals surface area contributed by atoms with Crippen molar-refractivity contribution in [2.75, 3.05) is 85.6 Å².